The molecule has 3 rings (SSSR count). The molecule has 206 valence electrons. The summed E-state index contributed by atoms with van der Waals surface area (Å²) in [5.74, 6) is -6.76. The van der Waals surface area contributed by atoms with Gasteiger partial charge in [0.1, 0.15) is 5.75 Å². The van der Waals surface area contributed by atoms with Crippen LogP contribution in [0.2, 0.25) is 0 Å². The van der Waals surface area contributed by atoms with Crippen molar-refractivity contribution in [2.75, 3.05) is 13.7 Å². The van der Waals surface area contributed by atoms with Gasteiger partial charge in [-0.3, -0.25) is 0 Å². The number of ether oxygens (including phenoxy) is 1. The molecule has 14 heteroatoms. The van der Waals surface area contributed by atoms with Crippen molar-refractivity contribution in [2.24, 2.45) is 11.8 Å². The first-order chi connectivity index (χ1) is 16.4. The lowest BCUT2D eigenvalue weighted by atomic mass is 10.0. The number of alkyl halides is 7. The Bertz CT molecular complexity index is 1030. The molecule has 36 heavy (non-hydrogen) atoms. The van der Waals surface area contributed by atoms with Gasteiger partial charge in [-0.2, -0.15) is 13.2 Å². The molecule has 0 heterocycles. The molecule has 1 aromatic carbocycles. The minimum Gasteiger partial charge on any atom is -0.496 e. The fraction of sp³-hybridized carbons (Fsp3) is 0.727. The van der Waals surface area contributed by atoms with E-state index < -0.39 is 56.7 Å². The van der Waals surface area contributed by atoms with E-state index in [4.69, 9.17) is 4.74 Å². The van der Waals surface area contributed by atoms with Gasteiger partial charge < -0.3 is 10.1 Å². The van der Waals surface area contributed by atoms with Crippen LogP contribution in [0.5, 0.6) is 5.75 Å². The van der Waals surface area contributed by atoms with Gasteiger partial charge in [0.05, 0.1) is 17.6 Å². The van der Waals surface area contributed by atoms with E-state index >= 15 is 0 Å². The van der Waals surface area contributed by atoms with E-state index in [0.717, 1.165) is 7.11 Å². The van der Waals surface area contributed by atoms with Gasteiger partial charge in [-0.05, 0) is 60.0 Å². The van der Waals surface area contributed by atoms with Gasteiger partial charge in [-0.25, -0.2) is 30.7 Å². The Morgan fingerprint density at radius 3 is 2.22 bits per heavy atom. The predicted octanol–water partition coefficient (Wildman–Crippen LogP) is 5.97. The zero-order valence-electron chi connectivity index (χ0n) is 19.6. The Morgan fingerprint density at radius 2 is 1.72 bits per heavy atom. The number of rotatable bonds is 10. The van der Waals surface area contributed by atoms with Gasteiger partial charge in [-0.1, -0.05) is 0 Å². The summed E-state index contributed by atoms with van der Waals surface area (Å²) in [5, 5.41) is 3.11. The lowest BCUT2D eigenvalue weighted by Crippen LogP contribution is -2.45. The Balaban J connectivity index is 1.75. The van der Waals surface area contributed by atoms with Gasteiger partial charge in [0.25, 0.3) is 0 Å². The van der Waals surface area contributed by atoms with Crippen molar-refractivity contribution in [2.45, 2.75) is 80.4 Å². The van der Waals surface area contributed by atoms with Crippen LogP contribution in [0.15, 0.2) is 21.5 Å². The zero-order valence-corrected chi connectivity index (χ0v) is 22.0. The maximum Gasteiger partial charge on any atom is 0.420 e. The molecule has 2 unspecified atom stereocenters. The van der Waals surface area contributed by atoms with Gasteiger partial charge in [0, 0.05) is 48.4 Å². The summed E-state index contributed by atoms with van der Waals surface area (Å²) >= 11 is 2.86. The molecule has 1 aromatic rings. The molecule has 0 aliphatic heterocycles. The highest BCUT2D eigenvalue weighted by Crippen LogP contribution is 2.51. The van der Waals surface area contributed by atoms with Crippen molar-refractivity contribution in [1.82, 2.24) is 10.0 Å². The van der Waals surface area contributed by atoms with Crippen molar-refractivity contribution < 1.29 is 43.9 Å². The van der Waals surface area contributed by atoms with Gasteiger partial charge >= 0.3 is 6.18 Å². The third kappa shape index (κ3) is 7.47. The Hall–Kier alpha value is -1.12. The average molecular weight is 613 g/mol. The van der Waals surface area contributed by atoms with Gasteiger partial charge in [0.15, 0.2) is 0 Å². The fourth-order valence-electron chi connectivity index (χ4n) is 5.08. The summed E-state index contributed by atoms with van der Waals surface area (Å²) in [4.78, 5) is -0.543. The van der Waals surface area contributed by atoms with Crippen molar-refractivity contribution in [3.8, 4) is 5.75 Å². The van der Waals surface area contributed by atoms with Crippen LogP contribution in [-0.2, 0) is 16.2 Å². The van der Waals surface area contributed by atoms with E-state index in [1.807, 2.05) is 0 Å². The molecule has 2 N–H and O–H groups in total. The van der Waals surface area contributed by atoms with E-state index in [2.05, 4.69) is 26.0 Å². The summed E-state index contributed by atoms with van der Waals surface area (Å²) in [6, 6.07) is 0.103. The number of hydrogen-bond acceptors (Lipinski definition) is 4. The first kappa shape index (κ1) is 29.4. The molecule has 2 saturated carbocycles. The summed E-state index contributed by atoms with van der Waals surface area (Å²) in [6.45, 7) is 0.646. The average Bonchev–Trinajstić information content (AvgIpc) is 3.21. The third-order valence-electron chi connectivity index (χ3n) is 6.72. The topological polar surface area (TPSA) is 67.4 Å². The first-order valence-electron chi connectivity index (χ1n) is 11.4. The zero-order chi connectivity index (χ0) is 27.1. The van der Waals surface area contributed by atoms with Crippen molar-refractivity contribution in [3.05, 3.63) is 22.2 Å². The van der Waals surface area contributed by atoms with Crippen LogP contribution in [0.25, 0.3) is 0 Å². The van der Waals surface area contributed by atoms with Crippen LogP contribution in [0, 0.1) is 11.8 Å². The normalized spacial score (nSPS) is 25.1. The number of halogens is 8. The number of methoxy groups -OCH3 is 1. The molecule has 2 aliphatic rings. The van der Waals surface area contributed by atoms with Crippen LogP contribution in [-0.4, -0.2) is 46.0 Å². The summed E-state index contributed by atoms with van der Waals surface area (Å²) in [6.07, 6.45) is -5.14. The van der Waals surface area contributed by atoms with E-state index in [0.29, 0.717) is 31.9 Å². The molecule has 0 spiro atoms. The highest BCUT2D eigenvalue weighted by atomic mass is 79.9. The molecular weight excluding hydrogens is 585 g/mol. The third-order valence-corrected chi connectivity index (χ3v) is 9.20. The summed E-state index contributed by atoms with van der Waals surface area (Å²) in [5.41, 5.74) is -1.18. The maximum atomic E-state index is 13.6. The lowest BCUT2D eigenvalue weighted by Gasteiger charge is -2.24. The van der Waals surface area contributed by atoms with Crippen LogP contribution in [0.3, 0.4) is 0 Å². The van der Waals surface area contributed by atoms with Crippen molar-refractivity contribution in [1.29, 1.82) is 0 Å². The van der Waals surface area contributed by atoms with E-state index in [1.165, 1.54) is 0 Å². The molecule has 0 radical (unpaired) electrons. The molecule has 0 aromatic heterocycles. The number of benzene rings is 1. The minimum atomic E-state index is -4.80. The quantitative estimate of drug-likeness (QED) is 0.319. The van der Waals surface area contributed by atoms with Gasteiger partial charge in [0.2, 0.25) is 21.9 Å². The van der Waals surface area contributed by atoms with E-state index in [9.17, 15) is 39.2 Å². The van der Waals surface area contributed by atoms with Crippen molar-refractivity contribution >= 4 is 26.0 Å². The Labute approximate surface area is 213 Å². The largest absolute Gasteiger partial charge is 0.496 e. The molecular formula is C22H28BrF7N2O3S. The van der Waals surface area contributed by atoms with Crippen LogP contribution in [0.1, 0.15) is 51.0 Å². The Morgan fingerprint density at radius 1 is 1.14 bits per heavy atom. The highest BCUT2D eigenvalue weighted by molar-refractivity contribution is 9.10. The standard InChI is InChI=1S/C22H28BrF7N2O3S/c1-20(24,25)4-3-14(11-31-15-5-12-9-21(26,27)10-13(12)6-15)32-36(33,34)19-8-18(35-2)16(7-17(19)23)22(28,29)30/h7-8,12-15,31-32H,3-6,9-11H2,1-2H3/t12?,13?,14-,15?/m1/s1. The van der Waals surface area contributed by atoms with E-state index in [-0.39, 0.29) is 48.2 Å². The molecule has 5 nitrogen and oxygen atoms in total. The predicted molar refractivity (Wildman–Crippen MR) is 122 cm³/mol. The maximum absolute atomic E-state index is 13.6. The summed E-state index contributed by atoms with van der Waals surface area (Å²) in [7, 11) is -3.49. The molecule has 0 bridgehead atoms. The smallest absolute Gasteiger partial charge is 0.420 e. The number of fused-ring (bicyclic) bond motifs is 1. The number of nitrogens with one attached hydrogen (secondary N) is 2. The molecule has 2 aliphatic carbocycles. The number of hydrogen-bond donors (Lipinski definition) is 2. The number of sulfonamides is 1. The summed E-state index contributed by atoms with van der Waals surface area (Å²) < 4.78 is 127. The first-order valence-corrected chi connectivity index (χ1v) is 13.6. The molecule has 3 atom stereocenters. The minimum absolute atomic E-state index is 0.0504. The second kappa shape index (κ2) is 10.6. The second-order valence-corrected chi connectivity index (χ2v) is 12.3. The SMILES string of the molecule is COc1cc(S(=O)(=O)N[C@H](CCC(C)(F)F)CNC2CC3CC(F)(F)CC3C2)c(Br)cc1C(F)(F)F. The second-order valence-electron chi connectivity index (χ2n) is 9.77. The van der Waals surface area contributed by atoms with Crippen LogP contribution < -0.4 is 14.8 Å². The van der Waals surface area contributed by atoms with Crippen LogP contribution >= 0.6 is 15.9 Å². The molecule has 2 fully saturated rings. The molecule has 0 amide bonds. The molecule has 0 saturated heterocycles. The monoisotopic (exact) mass is 612 g/mol. The fourth-order valence-corrected chi connectivity index (χ4v) is 7.41. The Kier molecular flexibility index (Phi) is 8.64. The van der Waals surface area contributed by atoms with Crippen LogP contribution in [0.4, 0.5) is 30.7 Å². The lowest BCUT2D eigenvalue weighted by molar-refractivity contribution is -0.138. The van der Waals surface area contributed by atoms with Crippen molar-refractivity contribution in [3.63, 3.8) is 0 Å². The van der Waals surface area contributed by atoms with Gasteiger partial charge in [-0.15, -0.1) is 0 Å². The van der Waals surface area contributed by atoms with E-state index in [1.54, 1.807) is 0 Å². The highest BCUT2D eigenvalue weighted by Gasteiger charge is 2.50.